The SMILES string of the molecule is Nc1c(NC2CCCC2)ncnc1N1CCC(Cc2ccccc2)CC1. The molecule has 3 N–H and O–H groups in total. The van der Waals surface area contributed by atoms with Crippen LogP contribution in [0.5, 0.6) is 0 Å². The van der Waals surface area contributed by atoms with Crippen molar-refractivity contribution in [2.45, 2.75) is 51.0 Å². The number of nitrogens with zero attached hydrogens (tertiary/aromatic N) is 3. The standard InChI is InChI=1S/C21H29N5/c22-19-20(25-18-8-4-5-9-18)23-15-24-21(19)26-12-10-17(11-13-26)14-16-6-2-1-3-7-16/h1-3,6-7,15,17-18H,4-5,8-14,22H2,(H,23,24,25). The largest absolute Gasteiger partial charge is 0.393 e. The number of benzene rings is 1. The van der Waals surface area contributed by atoms with Crippen LogP contribution >= 0.6 is 0 Å². The summed E-state index contributed by atoms with van der Waals surface area (Å²) in [5.74, 6) is 2.46. The van der Waals surface area contributed by atoms with Gasteiger partial charge in [-0.2, -0.15) is 0 Å². The van der Waals surface area contributed by atoms with Crippen LogP contribution in [0.1, 0.15) is 44.1 Å². The first-order chi connectivity index (χ1) is 12.8. The number of aromatic nitrogens is 2. The van der Waals surface area contributed by atoms with Crippen LogP contribution in [0.4, 0.5) is 17.3 Å². The van der Waals surface area contributed by atoms with E-state index >= 15 is 0 Å². The molecule has 0 unspecified atom stereocenters. The van der Waals surface area contributed by atoms with Gasteiger partial charge in [0.15, 0.2) is 11.6 Å². The van der Waals surface area contributed by atoms with Crippen LogP contribution in [0, 0.1) is 5.92 Å². The van der Waals surface area contributed by atoms with Crippen LogP contribution in [-0.4, -0.2) is 29.1 Å². The molecular weight excluding hydrogens is 322 g/mol. The Morgan fingerprint density at radius 2 is 1.73 bits per heavy atom. The summed E-state index contributed by atoms with van der Waals surface area (Å²) in [6.07, 6.45) is 10.2. The zero-order valence-electron chi connectivity index (χ0n) is 15.4. The maximum Gasteiger partial charge on any atom is 0.157 e. The predicted molar refractivity (Wildman–Crippen MR) is 107 cm³/mol. The summed E-state index contributed by atoms with van der Waals surface area (Å²) in [5, 5.41) is 3.53. The number of rotatable bonds is 5. The third-order valence-electron chi connectivity index (χ3n) is 5.84. The van der Waals surface area contributed by atoms with Crippen LogP contribution in [0.15, 0.2) is 36.7 Å². The fourth-order valence-corrected chi connectivity index (χ4v) is 4.31. The number of anilines is 3. The van der Waals surface area contributed by atoms with Gasteiger partial charge < -0.3 is 16.0 Å². The molecule has 4 rings (SSSR count). The monoisotopic (exact) mass is 351 g/mol. The van der Waals surface area contributed by atoms with Crippen LogP contribution < -0.4 is 16.0 Å². The molecule has 0 radical (unpaired) electrons. The molecule has 1 aliphatic carbocycles. The Hall–Kier alpha value is -2.30. The van der Waals surface area contributed by atoms with Gasteiger partial charge >= 0.3 is 0 Å². The summed E-state index contributed by atoms with van der Waals surface area (Å²) in [6, 6.07) is 11.3. The molecule has 1 saturated carbocycles. The summed E-state index contributed by atoms with van der Waals surface area (Å²) in [7, 11) is 0. The van der Waals surface area contributed by atoms with E-state index in [4.69, 9.17) is 5.73 Å². The molecule has 5 nitrogen and oxygen atoms in total. The van der Waals surface area contributed by atoms with E-state index < -0.39 is 0 Å². The van der Waals surface area contributed by atoms with Gasteiger partial charge in [-0.15, -0.1) is 0 Å². The summed E-state index contributed by atoms with van der Waals surface area (Å²) in [4.78, 5) is 11.2. The number of piperidine rings is 1. The van der Waals surface area contributed by atoms with E-state index in [1.165, 1.54) is 50.5 Å². The second-order valence-corrected chi connectivity index (χ2v) is 7.71. The van der Waals surface area contributed by atoms with Gasteiger partial charge in [0.25, 0.3) is 0 Å². The van der Waals surface area contributed by atoms with Gasteiger partial charge in [0.05, 0.1) is 0 Å². The van der Waals surface area contributed by atoms with Gasteiger partial charge in [-0.1, -0.05) is 43.2 Å². The van der Waals surface area contributed by atoms with E-state index in [1.807, 2.05) is 0 Å². The highest BCUT2D eigenvalue weighted by Gasteiger charge is 2.24. The molecule has 0 spiro atoms. The maximum atomic E-state index is 6.42. The summed E-state index contributed by atoms with van der Waals surface area (Å²) >= 11 is 0. The molecule has 0 atom stereocenters. The minimum atomic E-state index is 0.511. The highest BCUT2D eigenvalue weighted by atomic mass is 15.2. The highest BCUT2D eigenvalue weighted by molar-refractivity contribution is 5.75. The number of nitrogen functional groups attached to an aromatic ring is 1. The second-order valence-electron chi connectivity index (χ2n) is 7.71. The predicted octanol–water partition coefficient (Wildman–Crippen LogP) is 3.87. The summed E-state index contributed by atoms with van der Waals surface area (Å²) < 4.78 is 0. The van der Waals surface area contributed by atoms with E-state index in [9.17, 15) is 0 Å². The lowest BCUT2D eigenvalue weighted by molar-refractivity contribution is 0.402. The van der Waals surface area contributed by atoms with Crippen molar-refractivity contribution < 1.29 is 0 Å². The Bertz CT molecular complexity index is 704. The van der Waals surface area contributed by atoms with Crippen molar-refractivity contribution >= 4 is 17.3 Å². The number of hydrogen-bond acceptors (Lipinski definition) is 5. The zero-order valence-corrected chi connectivity index (χ0v) is 15.4. The lowest BCUT2D eigenvalue weighted by Gasteiger charge is -2.33. The molecule has 138 valence electrons. The molecular formula is C21H29N5. The normalized spacial score (nSPS) is 19.0. The number of nitrogens with one attached hydrogen (secondary N) is 1. The number of nitrogens with two attached hydrogens (primary N) is 1. The van der Waals surface area contributed by atoms with Gasteiger partial charge in [-0.25, -0.2) is 9.97 Å². The summed E-state index contributed by atoms with van der Waals surface area (Å²) in [5.41, 5.74) is 8.57. The van der Waals surface area contributed by atoms with Crippen molar-refractivity contribution in [3.63, 3.8) is 0 Å². The molecule has 5 heteroatoms. The van der Waals surface area contributed by atoms with Crippen LogP contribution in [-0.2, 0) is 6.42 Å². The Morgan fingerprint density at radius 3 is 2.46 bits per heavy atom. The summed E-state index contributed by atoms with van der Waals surface area (Å²) in [6.45, 7) is 2.03. The first-order valence-electron chi connectivity index (χ1n) is 9.95. The zero-order chi connectivity index (χ0) is 17.8. The Kier molecular flexibility index (Phi) is 5.23. The molecule has 0 bridgehead atoms. The van der Waals surface area contributed by atoms with Crippen molar-refractivity contribution in [3.8, 4) is 0 Å². The van der Waals surface area contributed by atoms with Gasteiger partial charge in [-0.3, -0.25) is 0 Å². The maximum absolute atomic E-state index is 6.42. The molecule has 0 amide bonds. The van der Waals surface area contributed by atoms with Gasteiger partial charge in [0.1, 0.15) is 12.0 Å². The van der Waals surface area contributed by atoms with Crippen LogP contribution in [0.25, 0.3) is 0 Å². The molecule has 2 aliphatic rings. The van der Waals surface area contributed by atoms with Crippen molar-refractivity contribution in [2.24, 2.45) is 5.92 Å². The first-order valence-corrected chi connectivity index (χ1v) is 9.95. The van der Waals surface area contributed by atoms with Gasteiger partial charge in [-0.05, 0) is 43.6 Å². The highest BCUT2D eigenvalue weighted by Crippen LogP contribution is 2.32. The average Bonchev–Trinajstić information content (AvgIpc) is 3.18. The molecule has 26 heavy (non-hydrogen) atoms. The van der Waals surface area contributed by atoms with E-state index in [1.54, 1.807) is 6.33 Å². The molecule has 2 heterocycles. The Balaban J connectivity index is 1.38. The molecule has 2 fully saturated rings. The topological polar surface area (TPSA) is 67.1 Å². The quantitative estimate of drug-likeness (QED) is 0.856. The van der Waals surface area contributed by atoms with Crippen molar-refractivity contribution in [2.75, 3.05) is 29.0 Å². The fourth-order valence-electron chi connectivity index (χ4n) is 4.31. The first kappa shape index (κ1) is 17.1. The Morgan fingerprint density at radius 1 is 1.00 bits per heavy atom. The lowest BCUT2D eigenvalue weighted by Crippen LogP contribution is -2.35. The smallest absolute Gasteiger partial charge is 0.157 e. The van der Waals surface area contributed by atoms with Crippen LogP contribution in [0.2, 0.25) is 0 Å². The van der Waals surface area contributed by atoms with Gasteiger partial charge in [0, 0.05) is 19.1 Å². The van der Waals surface area contributed by atoms with Crippen molar-refractivity contribution in [1.29, 1.82) is 0 Å². The van der Waals surface area contributed by atoms with E-state index in [0.717, 1.165) is 30.6 Å². The van der Waals surface area contributed by atoms with E-state index in [-0.39, 0.29) is 0 Å². The number of hydrogen-bond donors (Lipinski definition) is 2. The van der Waals surface area contributed by atoms with Gasteiger partial charge in [0.2, 0.25) is 0 Å². The van der Waals surface area contributed by atoms with E-state index in [0.29, 0.717) is 11.7 Å². The second kappa shape index (κ2) is 7.94. The third-order valence-corrected chi connectivity index (χ3v) is 5.84. The van der Waals surface area contributed by atoms with Crippen LogP contribution in [0.3, 0.4) is 0 Å². The Labute approximate surface area is 156 Å². The third kappa shape index (κ3) is 3.92. The molecule has 1 aliphatic heterocycles. The minimum absolute atomic E-state index is 0.511. The molecule has 1 aromatic heterocycles. The minimum Gasteiger partial charge on any atom is -0.393 e. The van der Waals surface area contributed by atoms with E-state index in [2.05, 4.69) is 50.5 Å². The molecule has 1 aromatic carbocycles. The molecule has 1 saturated heterocycles. The van der Waals surface area contributed by atoms with Crippen molar-refractivity contribution in [3.05, 3.63) is 42.2 Å². The van der Waals surface area contributed by atoms with Crippen molar-refractivity contribution in [1.82, 2.24) is 9.97 Å². The molecule has 2 aromatic rings. The average molecular weight is 351 g/mol. The lowest BCUT2D eigenvalue weighted by atomic mass is 9.90. The fraction of sp³-hybridized carbons (Fsp3) is 0.524.